The molecular formula is C87H75AlBCl2F8LiN20O8. The maximum atomic E-state index is 13.9. The number of hydrogen-bond acceptors (Lipinski definition) is 23. The van der Waals surface area contributed by atoms with Crippen LogP contribution < -0.4 is 80.5 Å². The van der Waals surface area contributed by atoms with Crippen LogP contribution >= 0.6 is 23.2 Å². The Morgan fingerprint density at radius 3 is 1.12 bits per heavy atom. The van der Waals surface area contributed by atoms with Crippen molar-refractivity contribution >= 4 is 87.6 Å². The number of aryl methyl sites for hydroxylation is 4. The summed E-state index contributed by atoms with van der Waals surface area (Å²) in [6.07, 6.45) is 6.59. The number of aromatic nitrogens is 12. The first-order chi connectivity index (χ1) is 59.9. The molecule has 11 N–H and O–H groups in total. The molecule has 8 aromatic heterocycles. The topological polar surface area (TPSA) is 433 Å². The number of anilines is 4. The van der Waals surface area contributed by atoms with E-state index in [9.17, 15) is 63.9 Å². The summed E-state index contributed by atoms with van der Waals surface area (Å²) in [5.74, 6) is -6.22. The van der Waals surface area contributed by atoms with Gasteiger partial charge in [-0.3, -0.25) is 28.8 Å². The van der Waals surface area contributed by atoms with Crippen LogP contribution in [-0.2, 0) is 50.6 Å². The van der Waals surface area contributed by atoms with E-state index in [1.54, 1.807) is 108 Å². The first-order valence-electron chi connectivity index (χ1n) is 37.1. The second-order valence-corrected chi connectivity index (χ2v) is 28.4. The second-order valence-electron chi connectivity index (χ2n) is 27.7. The van der Waals surface area contributed by atoms with Crippen molar-refractivity contribution in [3.8, 4) is 90.9 Å². The van der Waals surface area contributed by atoms with Gasteiger partial charge in [0.25, 0.3) is 11.1 Å². The molecule has 14 aromatic rings. The second kappa shape index (κ2) is 44.1. The fourth-order valence-electron chi connectivity index (χ4n) is 11.6. The Bertz CT molecular complexity index is 6770. The van der Waals surface area contributed by atoms with Gasteiger partial charge in [-0.2, -0.15) is 10.5 Å². The van der Waals surface area contributed by atoms with Gasteiger partial charge in [-0.05, 0) is 177 Å². The minimum atomic E-state index is -1.12. The summed E-state index contributed by atoms with van der Waals surface area (Å²) >= 11 is 10.8. The van der Waals surface area contributed by atoms with Gasteiger partial charge in [0.2, 0.25) is 22.2 Å². The minimum absolute atomic E-state index is 0. The van der Waals surface area contributed by atoms with Crippen molar-refractivity contribution in [2.75, 3.05) is 22.9 Å². The zero-order valence-corrected chi connectivity index (χ0v) is 69.9. The Labute approximate surface area is 758 Å². The van der Waals surface area contributed by atoms with E-state index >= 15 is 0 Å². The number of nitrogens with two attached hydrogens (primary N) is 5. The van der Waals surface area contributed by atoms with Crippen LogP contribution in [0.2, 0.25) is 5.15 Å². The Morgan fingerprint density at radius 2 is 0.773 bits per heavy atom. The molecule has 1 aliphatic heterocycles. The number of nitrogens with zero attached hydrogens (tertiary/aromatic N) is 14. The van der Waals surface area contributed by atoms with E-state index in [2.05, 4.69) is 45.2 Å². The molecule has 28 nitrogen and oxygen atoms in total. The monoisotopic (exact) mass is 1790 g/mol. The number of carbonyl (C=O) groups is 2. The normalized spacial score (nSPS) is 12.0. The smallest absolute Gasteiger partial charge is 1.00 e. The van der Waals surface area contributed by atoms with E-state index in [1.807, 2.05) is 26.8 Å². The number of carbonyl (C=O) groups excluding carboxylic acids is 2. The van der Waals surface area contributed by atoms with Crippen LogP contribution in [0.1, 0.15) is 65.7 Å². The van der Waals surface area contributed by atoms with Crippen molar-refractivity contribution in [3.05, 3.63) is 334 Å². The molecule has 0 radical (unpaired) electrons. The maximum absolute atomic E-state index is 13.9. The molecule has 15 rings (SSSR count). The van der Waals surface area contributed by atoms with Crippen molar-refractivity contribution < 1.29 is 74.3 Å². The summed E-state index contributed by atoms with van der Waals surface area (Å²) in [4.78, 5) is 103. The van der Waals surface area contributed by atoms with Gasteiger partial charge in [0.1, 0.15) is 92.8 Å². The number of rotatable bonds is 13. The zero-order chi connectivity index (χ0) is 91.7. The summed E-state index contributed by atoms with van der Waals surface area (Å²) in [6, 6.07) is 44.9. The van der Waals surface area contributed by atoms with E-state index < -0.39 is 51.4 Å². The summed E-state index contributed by atoms with van der Waals surface area (Å²) in [5.41, 5.74) is 35.1. The zero-order valence-electron chi connectivity index (χ0n) is 69.4. The number of nitrogen functional groups attached to an aromatic ring is 4. The fraction of sp³-hybridized carbons (Fsp3) is 0.126. The van der Waals surface area contributed by atoms with E-state index in [1.165, 1.54) is 115 Å². The molecule has 6 aromatic carbocycles. The molecule has 1 atom stereocenters. The first kappa shape index (κ1) is 99.3. The molecule has 648 valence electrons. The van der Waals surface area contributed by atoms with Gasteiger partial charge in [-0.25, -0.2) is 75.0 Å². The van der Waals surface area contributed by atoms with Crippen LogP contribution in [0, 0.1) is 69.2 Å². The average molecular weight is 1800 g/mol. The standard InChI is InChI=1S/C24H18F3N5O2.C17H16FN5O.C17H12FN5O.C11H16BNO3.C11H6ClFN4.C7H3ClF2O.Al.Li.4H/c1-32-12-14(7-10-19(32)33)22-21(13-5-8-15(25)9-6-13)31-23(28)18(30-22)11-29-24(34)20-16(26)3-2-4-17(20)27;2*1-23-9-11(4-7-14(23)24)16-15(10-2-5-12(18)6-3-10)22-17(20)13(8-19)21-16;1-8-11(2,3)16-12(15-8)9-5-6-10(14)13(4)7-9;12-10-9(6-1-3-7(13)4-2-6)17-11(15)8(5-14)16-10;8-7(11)6-4(9)2-1-3-5(6)10;;;;;;/h2-10,12H,11H2,1H3,(H2,28,31)(H,29,34);2-7,9H,8,19H2,1H3,(H2,20,22);2-7,9H,1H3,(H2,20,22);5-8H,1-4H3;1-4H,(H2,15,17);1-3H;;;;;;/q;;;;;;;+1;;;;-1. The predicted molar refractivity (Wildman–Crippen MR) is 470 cm³/mol. The number of nitrogens with one attached hydrogen (secondary N) is 1. The molecule has 1 unspecified atom stereocenters. The van der Waals surface area contributed by atoms with E-state index in [4.69, 9.17) is 71.7 Å². The third-order valence-electron chi connectivity index (χ3n) is 18.6. The van der Waals surface area contributed by atoms with Crippen LogP contribution in [0.5, 0.6) is 0 Å². The first-order valence-corrected chi connectivity index (χ1v) is 37.9. The number of hydrogen-bond donors (Lipinski definition) is 6. The fourth-order valence-corrected chi connectivity index (χ4v) is 12.0. The van der Waals surface area contributed by atoms with Gasteiger partial charge in [0.15, 0.2) is 45.5 Å². The van der Waals surface area contributed by atoms with Crippen molar-refractivity contribution in [1.82, 2.24) is 63.5 Å². The van der Waals surface area contributed by atoms with Crippen LogP contribution in [0.25, 0.3) is 78.8 Å². The van der Waals surface area contributed by atoms with Crippen LogP contribution in [0.15, 0.2) is 226 Å². The quantitative estimate of drug-likeness (QED) is 0.0360. The number of benzene rings is 6. The van der Waals surface area contributed by atoms with Gasteiger partial charge in [-0.1, -0.05) is 29.8 Å². The van der Waals surface area contributed by atoms with E-state index in [0.717, 1.165) is 41.9 Å². The maximum Gasteiger partial charge on any atom is 1.00 e. The Balaban J connectivity index is 0.000000218. The average Bonchev–Trinajstić information content (AvgIpc) is 1.65. The molecule has 1 saturated heterocycles. The number of pyridine rings is 4. The van der Waals surface area contributed by atoms with Crippen molar-refractivity contribution in [2.45, 2.75) is 45.6 Å². The molecule has 9 heterocycles. The molecule has 0 saturated carbocycles. The summed E-state index contributed by atoms with van der Waals surface area (Å²) in [7, 11) is 6.17. The van der Waals surface area contributed by atoms with Gasteiger partial charge in [0.05, 0.1) is 58.1 Å². The summed E-state index contributed by atoms with van der Waals surface area (Å²) < 4.78 is 123. The van der Waals surface area contributed by atoms with Crippen molar-refractivity contribution in [2.24, 2.45) is 33.9 Å². The Hall–Kier alpha value is -14.1. The molecular weight excluding hydrogens is 1720 g/mol. The van der Waals surface area contributed by atoms with E-state index in [-0.39, 0.29) is 155 Å². The predicted octanol–water partition coefficient (Wildman–Crippen LogP) is 8.19. The number of halogens is 10. The SMILES string of the molecule is CC1OB(c2ccc(=O)n(C)c2)OC1(C)C.Cn1cc(-c2nc(C#N)c(N)nc2-c2ccc(F)cc2)ccc1=O.Cn1cc(-c2nc(CN)c(N)nc2-c2ccc(F)cc2)ccc1=O.Cn1cc(-c2nc(CNC(=O)c3c(F)cccc3F)c(N)nc2-c2ccc(F)cc2)ccc1=O.N#Cc1nc(Cl)c(-c2ccc(F)cc2)nc1N.O=C(Cl)c1c(F)cccc1F.[AlH3].[H-].[Li+]. The van der Waals surface area contributed by atoms with Crippen LogP contribution in [0.4, 0.5) is 58.4 Å². The minimum Gasteiger partial charge on any atom is -1.00 e. The van der Waals surface area contributed by atoms with Gasteiger partial charge in [0, 0.05) is 123 Å². The van der Waals surface area contributed by atoms with Crippen LogP contribution in [-0.4, -0.2) is 105 Å². The largest absolute Gasteiger partial charge is 1.00 e. The van der Waals surface area contributed by atoms with Crippen molar-refractivity contribution in [1.29, 1.82) is 10.5 Å². The van der Waals surface area contributed by atoms with Crippen LogP contribution in [0.3, 0.4) is 0 Å². The van der Waals surface area contributed by atoms with E-state index in [0.29, 0.717) is 84.5 Å². The number of amides is 1. The van der Waals surface area contributed by atoms with Gasteiger partial charge < -0.3 is 63.0 Å². The number of nitriles is 2. The molecule has 0 spiro atoms. The Kier molecular flexibility index (Phi) is 34.2. The molecule has 0 aliphatic carbocycles. The molecule has 128 heavy (non-hydrogen) atoms. The molecule has 41 heteroatoms. The van der Waals surface area contributed by atoms with Gasteiger partial charge in [-0.15, -0.1) is 0 Å². The third kappa shape index (κ3) is 24.7. The third-order valence-corrected chi connectivity index (χ3v) is 19.1. The van der Waals surface area contributed by atoms with Gasteiger partial charge >= 0.3 is 26.0 Å². The molecule has 1 amide bonds. The molecule has 0 bridgehead atoms. The summed E-state index contributed by atoms with van der Waals surface area (Å²) in [5, 5.41) is 19.2. The molecule has 1 aliphatic rings. The van der Waals surface area contributed by atoms with Crippen molar-refractivity contribution in [3.63, 3.8) is 0 Å². The summed E-state index contributed by atoms with van der Waals surface area (Å²) in [6.45, 7) is 5.86. The Morgan fingerprint density at radius 1 is 0.461 bits per heavy atom. The molecule has 1 fully saturated rings.